The second kappa shape index (κ2) is 3.84. The van der Waals surface area contributed by atoms with Crippen LogP contribution in [0.1, 0.15) is 28.8 Å². The second-order valence-corrected chi connectivity index (χ2v) is 5.42. The minimum absolute atomic E-state index is 0.453. The normalized spacial score (nSPS) is 21.2. The highest BCUT2D eigenvalue weighted by atomic mass is 16.4. The number of rotatable bonds is 4. The Bertz CT molecular complexity index is 443. The minimum atomic E-state index is -0.817. The molecule has 1 heterocycles. The Balaban J connectivity index is 1.59. The zero-order valence-corrected chi connectivity index (χ0v) is 9.85. The van der Waals surface area contributed by atoms with Gasteiger partial charge < -0.3 is 10.0 Å². The number of hydrogen-bond donors (Lipinski definition) is 1. The third-order valence-electron chi connectivity index (χ3n) is 4.02. The minimum Gasteiger partial charge on any atom is -0.478 e. The van der Waals surface area contributed by atoms with Crippen molar-refractivity contribution in [3.05, 3.63) is 35.4 Å². The molecular formula is C14H17NO2. The van der Waals surface area contributed by atoms with Crippen LogP contribution in [0.3, 0.4) is 0 Å². The van der Waals surface area contributed by atoms with E-state index in [4.69, 9.17) is 5.11 Å². The van der Waals surface area contributed by atoms with Crippen molar-refractivity contribution >= 4 is 5.97 Å². The molecule has 0 atom stereocenters. The fourth-order valence-electron chi connectivity index (χ4n) is 2.78. The summed E-state index contributed by atoms with van der Waals surface area (Å²) >= 11 is 0. The van der Waals surface area contributed by atoms with Gasteiger partial charge in [-0.1, -0.05) is 18.2 Å². The summed E-state index contributed by atoms with van der Waals surface area (Å²) in [7, 11) is 0. The molecule has 1 N–H and O–H groups in total. The van der Waals surface area contributed by atoms with Gasteiger partial charge in [0.2, 0.25) is 0 Å². The zero-order chi connectivity index (χ0) is 11.9. The molecule has 3 heteroatoms. The van der Waals surface area contributed by atoms with Crippen LogP contribution in [0.25, 0.3) is 0 Å². The molecule has 90 valence electrons. The van der Waals surface area contributed by atoms with Crippen LogP contribution < -0.4 is 0 Å². The molecule has 0 bridgehead atoms. The lowest BCUT2D eigenvalue weighted by molar-refractivity contribution is 0.0691. The smallest absolute Gasteiger partial charge is 0.335 e. The first-order chi connectivity index (χ1) is 8.19. The molecule has 17 heavy (non-hydrogen) atoms. The Kier molecular flexibility index (Phi) is 2.44. The summed E-state index contributed by atoms with van der Waals surface area (Å²) in [6.45, 7) is 3.44. The van der Waals surface area contributed by atoms with Gasteiger partial charge in [0, 0.05) is 19.6 Å². The third-order valence-corrected chi connectivity index (χ3v) is 4.02. The molecule has 1 saturated heterocycles. The highest BCUT2D eigenvalue weighted by Crippen LogP contribution is 2.52. The molecule has 0 unspecified atom stereocenters. The van der Waals surface area contributed by atoms with Gasteiger partial charge >= 0.3 is 5.97 Å². The molecule has 0 radical (unpaired) electrons. The molecule has 1 saturated carbocycles. The van der Waals surface area contributed by atoms with E-state index >= 15 is 0 Å². The van der Waals surface area contributed by atoms with Gasteiger partial charge in [-0.05, 0) is 36.3 Å². The number of carboxylic acid groups (broad SMARTS) is 1. The Labute approximate surface area is 101 Å². The predicted octanol–water partition coefficient (Wildman–Crippen LogP) is 2.02. The van der Waals surface area contributed by atoms with Gasteiger partial charge in [0.1, 0.15) is 0 Å². The van der Waals surface area contributed by atoms with E-state index in [1.54, 1.807) is 12.1 Å². The first kappa shape index (κ1) is 10.8. The first-order valence-corrected chi connectivity index (χ1v) is 6.22. The van der Waals surface area contributed by atoms with Crippen molar-refractivity contribution in [2.24, 2.45) is 5.41 Å². The van der Waals surface area contributed by atoms with Crippen molar-refractivity contribution in [2.75, 3.05) is 19.6 Å². The van der Waals surface area contributed by atoms with Gasteiger partial charge in [-0.2, -0.15) is 0 Å². The molecule has 2 fully saturated rings. The Hall–Kier alpha value is -1.35. The van der Waals surface area contributed by atoms with Crippen LogP contribution in [-0.4, -0.2) is 35.6 Å². The number of aromatic carboxylic acids is 1. The zero-order valence-electron chi connectivity index (χ0n) is 9.85. The fraction of sp³-hybridized carbons (Fsp3) is 0.500. The fourth-order valence-corrected chi connectivity index (χ4v) is 2.78. The van der Waals surface area contributed by atoms with Crippen molar-refractivity contribution in [3.8, 4) is 0 Å². The number of nitrogens with zero attached hydrogens (tertiary/aromatic N) is 1. The monoisotopic (exact) mass is 231 g/mol. The molecule has 1 aromatic rings. The number of carboxylic acids is 1. The SMILES string of the molecule is O=C(O)c1ccccc1CCN1CC2(CC2)C1. The van der Waals surface area contributed by atoms with E-state index in [2.05, 4.69) is 4.90 Å². The van der Waals surface area contributed by atoms with Crippen LogP contribution in [0.15, 0.2) is 24.3 Å². The van der Waals surface area contributed by atoms with E-state index in [1.807, 2.05) is 12.1 Å². The van der Waals surface area contributed by atoms with Crippen LogP contribution in [-0.2, 0) is 6.42 Å². The topological polar surface area (TPSA) is 40.5 Å². The highest BCUT2D eigenvalue weighted by molar-refractivity contribution is 5.89. The summed E-state index contributed by atoms with van der Waals surface area (Å²) in [6, 6.07) is 7.32. The molecule has 3 nitrogen and oxygen atoms in total. The maximum absolute atomic E-state index is 11.0. The molecule has 2 aliphatic rings. The Morgan fingerprint density at radius 2 is 2.00 bits per heavy atom. The van der Waals surface area contributed by atoms with E-state index in [0.29, 0.717) is 11.0 Å². The molecular weight excluding hydrogens is 214 g/mol. The van der Waals surface area contributed by atoms with Crippen LogP contribution in [0, 0.1) is 5.41 Å². The molecule has 1 aliphatic heterocycles. The number of benzene rings is 1. The lowest BCUT2D eigenvalue weighted by Crippen LogP contribution is -2.49. The van der Waals surface area contributed by atoms with Crippen molar-refractivity contribution in [2.45, 2.75) is 19.3 Å². The standard InChI is InChI=1S/C14H17NO2/c16-13(17)12-4-2-1-3-11(12)5-8-15-9-14(10-15)6-7-14/h1-4H,5-10H2,(H,16,17). The van der Waals surface area contributed by atoms with E-state index in [-0.39, 0.29) is 0 Å². The third kappa shape index (κ3) is 2.07. The molecule has 1 spiro atoms. The summed E-state index contributed by atoms with van der Waals surface area (Å²) < 4.78 is 0. The summed E-state index contributed by atoms with van der Waals surface area (Å²) in [6.07, 6.45) is 3.64. The summed E-state index contributed by atoms with van der Waals surface area (Å²) in [5.41, 5.74) is 2.10. The van der Waals surface area contributed by atoms with Gasteiger partial charge in [0.05, 0.1) is 5.56 Å². The van der Waals surface area contributed by atoms with Crippen LogP contribution in [0.4, 0.5) is 0 Å². The lowest BCUT2D eigenvalue weighted by Gasteiger charge is -2.40. The highest BCUT2D eigenvalue weighted by Gasteiger charge is 2.51. The summed E-state index contributed by atoms with van der Waals surface area (Å²) in [5.74, 6) is -0.817. The van der Waals surface area contributed by atoms with Crippen LogP contribution in [0.5, 0.6) is 0 Å². The average molecular weight is 231 g/mol. The average Bonchev–Trinajstić information content (AvgIpc) is 3.05. The van der Waals surface area contributed by atoms with Crippen LogP contribution >= 0.6 is 0 Å². The quantitative estimate of drug-likeness (QED) is 0.862. The maximum atomic E-state index is 11.0. The number of hydrogen-bond acceptors (Lipinski definition) is 2. The van der Waals surface area contributed by atoms with E-state index < -0.39 is 5.97 Å². The molecule has 1 aliphatic carbocycles. The van der Waals surface area contributed by atoms with Gasteiger partial charge in [0.15, 0.2) is 0 Å². The van der Waals surface area contributed by atoms with Crippen molar-refractivity contribution < 1.29 is 9.90 Å². The van der Waals surface area contributed by atoms with E-state index in [9.17, 15) is 4.79 Å². The number of carbonyl (C=O) groups is 1. The van der Waals surface area contributed by atoms with Crippen LogP contribution in [0.2, 0.25) is 0 Å². The molecule has 0 amide bonds. The van der Waals surface area contributed by atoms with Crippen molar-refractivity contribution in [1.82, 2.24) is 4.90 Å². The number of likely N-dealkylation sites (tertiary alicyclic amines) is 1. The Morgan fingerprint density at radius 3 is 2.65 bits per heavy atom. The summed E-state index contributed by atoms with van der Waals surface area (Å²) in [4.78, 5) is 13.5. The van der Waals surface area contributed by atoms with Crippen molar-refractivity contribution in [3.63, 3.8) is 0 Å². The van der Waals surface area contributed by atoms with Gasteiger partial charge in [0.25, 0.3) is 0 Å². The maximum Gasteiger partial charge on any atom is 0.335 e. The van der Waals surface area contributed by atoms with E-state index in [1.165, 1.54) is 25.9 Å². The predicted molar refractivity (Wildman–Crippen MR) is 65.2 cm³/mol. The van der Waals surface area contributed by atoms with Crippen molar-refractivity contribution in [1.29, 1.82) is 0 Å². The summed E-state index contributed by atoms with van der Waals surface area (Å²) in [5, 5.41) is 9.08. The lowest BCUT2D eigenvalue weighted by atomic mass is 9.95. The molecule has 1 aromatic carbocycles. The first-order valence-electron chi connectivity index (χ1n) is 6.22. The van der Waals surface area contributed by atoms with Gasteiger partial charge in [-0.15, -0.1) is 0 Å². The van der Waals surface area contributed by atoms with Gasteiger partial charge in [-0.25, -0.2) is 4.79 Å². The van der Waals surface area contributed by atoms with E-state index in [0.717, 1.165) is 18.5 Å². The van der Waals surface area contributed by atoms with Gasteiger partial charge in [-0.3, -0.25) is 0 Å². The molecule has 0 aromatic heterocycles. The largest absolute Gasteiger partial charge is 0.478 e. The Morgan fingerprint density at radius 1 is 1.29 bits per heavy atom. The second-order valence-electron chi connectivity index (χ2n) is 5.42. The molecule has 3 rings (SSSR count).